The summed E-state index contributed by atoms with van der Waals surface area (Å²) in [4.78, 5) is 2.54. The molecule has 1 unspecified atom stereocenters. The zero-order valence-electron chi connectivity index (χ0n) is 12.5. The van der Waals surface area contributed by atoms with Gasteiger partial charge in [0, 0.05) is 6.54 Å². The van der Waals surface area contributed by atoms with E-state index in [1.165, 1.54) is 38.8 Å². The third-order valence-electron chi connectivity index (χ3n) is 4.00. The smallest absolute Gasteiger partial charge is 0.118 e. The SMILES string of the molecule is CCCNCc1ccc(CN2CCCC(CC)C2)o1. The number of nitrogens with one attached hydrogen (secondary N) is 1. The van der Waals surface area contributed by atoms with Crippen molar-refractivity contribution in [1.82, 2.24) is 10.2 Å². The molecule has 1 aromatic heterocycles. The van der Waals surface area contributed by atoms with E-state index >= 15 is 0 Å². The lowest BCUT2D eigenvalue weighted by atomic mass is 9.96. The highest BCUT2D eigenvalue weighted by Crippen LogP contribution is 2.21. The first-order chi connectivity index (χ1) is 9.31. The summed E-state index contributed by atoms with van der Waals surface area (Å²) in [6, 6.07) is 4.25. The first-order valence-electron chi connectivity index (χ1n) is 7.82. The molecule has 2 heterocycles. The Morgan fingerprint density at radius 2 is 2.16 bits per heavy atom. The number of nitrogens with zero attached hydrogens (tertiary/aromatic N) is 1. The lowest BCUT2D eigenvalue weighted by Gasteiger charge is -2.31. The predicted molar refractivity (Wildman–Crippen MR) is 79.0 cm³/mol. The summed E-state index contributed by atoms with van der Waals surface area (Å²) in [6.45, 7) is 9.83. The van der Waals surface area contributed by atoms with Gasteiger partial charge in [0.1, 0.15) is 11.5 Å². The third kappa shape index (κ3) is 4.66. The summed E-state index contributed by atoms with van der Waals surface area (Å²) in [5, 5.41) is 3.38. The molecule has 2 rings (SSSR count). The standard InChI is InChI=1S/C16H28N2O/c1-3-9-17-11-15-7-8-16(19-15)13-18-10-5-6-14(4-2)12-18/h7-8,14,17H,3-6,9-13H2,1-2H3. The minimum absolute atomic E-state index is 0.853. The highest BCUT2D eigenvalue weighted by Gasteiger charge is 2.19. The summed E-state index contributed by atoms with van der Waals surface area (Å²) >= 11 is 0. The van der Waals surface area contributed by atoms with Crippen molar-refractivity contribution in [2.75, 3.05) is 19.6 Å². The van der Waals surface area contributed by atoms with Gasteiger partial charge in [0.15, 0.2) is 0 Å². The van der Waals surface area contributed by atoms with Crippen molar-refractivity contribution in [3.63, 3.8) is 0 Å². The van der Waals surface area contributed by atoms with Crippen LogP contribution in [0.15, 0.2) is 16.5 Å². The second-order valence-corrected chi connectivity index (χ2v) is 5.70. The second kappa shape index (κ2) is 7.71. The zero-order chi connectivity index (χ0) is 13.5. The average molecular weight is 264 g/mol. The van der Waals surface area contributed by atoms with Gasteiger partial charge >= 0.3 is 0 Å². The quantitative estimate of drug-likeness (QED) is 0.765. The normalized spacial score (nSPS) is 20.8. The van der Waals surface area contributed by atoms with Crippen molar-refractivity contribution in [1.29, 1.82) is 0 Å². The summed E-state index contributed by atoms with van der Waals surface area (Å²) < 4.78 is 5.90. The van der Waals surface area contributed by atoms with Gasteiger partial charge in [0.25, 0.3) is 0 Å². The Bertz CT molecular complexity index is 361. The Hall–Kier alpha value is -0.800. The number of piperidine rings is 1. The van der Waals surface area contributed by atoms with Crippen LogP contribution in [-0.4, -0.2) is 24.5 Å². The Morgan fingerprint density at radius 3 is 2.95 bits per heavy atom. The maximum atomic E-state index is 5.90. The van der Waals surface area contributed by atoms with Crippen molar-refractivity contribution >= 4 is 0 Å². The van der Waals surface area contributed by atoms with Crippen LogP contribution in [0.2, 0.25) is 0 Å². The Balaban J connectivity index is 1.78. The molecular weight excluding hydrogens is 236 g/mol. The average Bonchev–Trinajstić information content (AvgIpc) is 2.87. The van der Waals surface area contributed by atoms with Crippen molar-refractivity contribution in [3.8, 4) is 0 Å². The molecule has 0 radical (unpaired) electrons. The fraction of sp³-hybridized carbons (Fsp3) is 0.750. The van der Waals surface area contributed by atoms with E-state index < -0.39 is 0 Å². The molecule has 0 aromatic carbocycles. The molecular formula is C16H28N2O. The molecule has 0 aliphatic carbocycles. The lowest BCUT2D eigenvalue weighted by Crippen LogP contribution is -2.34. The first-order valence-corrected chi connectivity index (χ1v) is 7.82. The summed E-state index contributed by atoms with van der Waals surface area (Å²) in [6.07, 6.45) is 5.21. The summed E-state index contributed by atoms with van der Waals surface area (Å²) in [5.41, 5.74) is 0. The lowest BCUT2D eigenvalue weighted by molar-refractivity contribution is 0.153. The second-order valence-electron chi connectivity index (χ2n) is 5.70. The van der Waals surface area contributed by atoms with Crippen LogP contribution in [0.5, 0.6) is 0 Å². The molecule has 0 bridgehead atoms. The van der Waals surface area contributed by atoms with E-state index in [1.807, 2.05) is 0 Å². The molecule has 0 spiro atoms. The Kier molecular flexibility index (Phi) is 5.93. The summed E-state index contributed by atoms with van der Waals surface area (Å²) in [7, 11) is 0. The van der Waals surface area contributed by atoms with Gasteiger partial charge in [-0.15, -0.1) is 0 Å². The number of hydrogen-bond donors (Lipinski definition) is 1. The molecule has 1 fully saturated rings. The highest BCUT2D eigenvalue weighted by atomic mass is 16.3. The van der Waals surface area contributed by atoms with Crippen molar-refractivity contribution < 1.29 is 4.42 Å². The molecule has 3 nitrogen and oxygen atoms in total. The van der Waals surface area contributed by atoms with Gasteiger partial charge in [-0.2, -0.15) is 0 Å². The molecule has 19 heavy (non-hydrogen) atoms. The van der Waals surface area contributed by atoms with E-state index in [0.29, 0.717) is 0 Å². The van der Waals surface area contributed by atoms with Gasteiger partial charge in [-0.25, -0.2) is 0 Å². The van der Waals surface area contributed by atoms with E-state index in [2.05, 4.69) is 36.2 Å². The topological polar surface area (TPSA) is 28.4 Å². The van der Waals surface area contributed by atoms with Crippen LogP contribution < -0.4 is 5.32 Å². The monoisotopic (exact) mass is 264 g/mol. The van der Waals surface area contributed by atoms with Gasteiger partial charge in [0.2, 0.25) is 0 Å². The van der Waals surface area contributed by atoms with Crippen LogP contribution in [0.4, 0.5) is 0 Å². The van der Waals surface area contributed by atoms with Crippen LogP contribution in [0, 0.1) is 5.92 Å². The van der Waals surface area contributed by atoms with Crippen molar-refractivity contribution in [3.05, 3.63) is 23.7 Å². The fourth-order valence-corrected chi connectivity index (χ4v) is 2.84. The number of hydrogen-bond acceptors (Lipinski definition) is 3. The molecule has 3 heteroatoms. The van der Waals surface area contributed by atoms with Crippen molar-refractivity contribution in [2.24, 2.45) is 5.92 Å². The van der Waals surface area contributed by atoms with Gasteiger partial charge in [-0.05, 0) is 50.4 Å². The van der Waals surface area contributed by atoms with E-state index in [1.54, 1.807) is 0 Å². The molecule has 1 N–H and O–H groups in total. The van der Waals surface area contributed by atoms with Gasteiger partial charge in [-0.1, -0.05) is 20.3 Å². The molecule has 1 atom stereocenters. The van der Waals surface area contributed by atoms with Gasteiger partial charge in [0.05, 0.1) is 13.1 Å². The van der Waals surface area contributed by atoms with Crippen LogP contribution in [0.1, 0.15) is 51.1 Å². The molecule has 108 valence electrons. The van der Waals surface area contributed by atoms with Gasteiger partial charge < -0.3 is 9.73 Å². The summed E-state index contributed by atoms with van der Waals surface area (Å²) in [5.74, 6) is 3.06. The maximum Gasteiger partial charge on any atom is 0.118 e. The predicted octanol–water partition coefficient (Wildman–Crippen LogP) is 3.40. The molecule has 0 amide bonds. The highest BCUT2D eigenvalue weighted by molar-refractivity contribution is 5.07. The zero-order valence-corrected chi connectivity index (χ0v) is 12.5. The van der Waals surface area contributed by atoms with Crippen LogP contribution >= 0.6 is 0 Å². The fourth-order valence-electron chi connectivity index (χ4n) is 2.84. The van der Waals surface area contributed by atoms with E-state index in [9.17, 15) is 0 Å². The van der Waals surface area contributed by atoms with E-state index in [-0.39, 0.29) is 0 Å². The van der Waals surface area contributed by atoms with E-state index in [4.69, 9.17) is 4.42 Å². The Morgan fingerprint density at radius 1 is 1.32 bits per heavy atom. The number of furan rings is 1. The van der Waals surface area contributed by atoms with Crippen molar-refractivity contribution in [2.45, 2.75) is 52.6 Å². The maximum absolute atomic E-state index is 5.90. The molecule has 1 aliphatic heterocycles. The molecule has 1 aliphatic rings. The minimum atomic E-state index is 0.853. The molecule has 0 saturated carbocycles. The number of rotatable bonds is 7. The number of likely N-dealkylation sites (tertiary alicyclic amines) is 1. The van der Waals surface area contributed by atoms with E-state index in [0.717, 1.165) is 37.1 Å². The van der Waals surface area contributed by atoms with Crippen LogP contribution in [-0.2, 0) is 13.1 Å². The third-order valence-corrected chi connectivity index (χ3v) is 4.00. The largest absolute Gasteiger partial charge is 0.463 e. The molecule has 1 aromatic rings. The molecule has 1 saturated heterocycles. The van der Waals surface area contributed by atoms with Crippen LogP contribution in [0.25, 0.3) is 0 Å². The first kappa shape index (κ1) is 14.6. The van der Waals surface area contributed by atoms with Gasteiger partial charge in [-0.3, -0.25) is 4.90 Å². The van der Waals surface area contributed by atoms with Crippen LogP contribution in [0.3, 0.4) is 0 Å². The minimum Gasteiger partial charge on any atom is -0.463 e. The Labute approximate surface area is 117 Å².